The maximum atomic E-state index is 12.2. The van der Waals surface area contributed by atoms with Gasteiger partial charge in [0.15, 0.2) is 16.7 Å². The molecular formula is C17H25ClN4O3. The molecule has 2 aliphatic heterocycles. The number of hydrogen-bond acceptors (Lipinski definition) is 6. The van der Waals surface area contributed by atoms with Gasteiger partial charge in [-0.15, -0.1) is 0 Å². The fourth-order valence-corrected chi connectivity index (χ4v) is 3.49. The van der Waals surface area contributed by atoms with Gasteiger partial charge in [0.05, 0.1) is 6.54 Å². The van der Waals surface area contributed by atoms with Gasteiger partial charge in [-0.3, -0.25) is 0 Å². The monoisotopic (exact) mass is 368 g/mol. The highest BCUT2D eigenvalue weighted by atomic mass is 35.5. The predicted molar refractivity (Wildman–Crippen MR) is 95.4 cm³/mol. The van der Waals surface area contributed by atoms with Gasteiger partial charge in [-0.05, 0) is 40.5 Å². The van der Waals surface area contributed by atoms with Crippen LogP contribution in [0.1, 0.15) is 39.4 Å². The highest BCUT2D eigenvalue weighted by Gasteiger charge is 2.33. The van der Waals surface area contributed by atoms with Crippen LogP contribution in [0.4, 0.5) is 10.6 Å². The highest BCUT2D eigenvalue weighted by molar-refractivity contribution is 6.31. The second-order valence-electron chi connectivity index (χ2n) is 7.45. The number of hydrogen-bond donors (Lipinski definition) is 0. The van der Waals surface area contributed by atoms with Crippen molar-refractivity contribution in [1.82, 2.24) is 14.9 Å². The van der Waals surface area contributed by atoms with Crippen molar-refractivity contribution in [2.24, 2.45) is 0 Å². The van der Waals surface area contributed by atoms with E-state index in [4.69, 9.17) is 21.1 Å². The van der Waals surface area contributed by atoms with Gasteiger partial charge in [0.2, 0.25) is 0 Å². The summed E-state index contributed by atoms with van der Waals surface area (Å²) in [7, 11) is 0. The average Bonchev–Trinajstić information content (AvgIpc) is 2.53. The molecule has 0 spiro atoms. The summed E-state index contributed by atoms with van der Waals surface area (Å²) in [4.78, 5) is 24.9. The van der Waals surface area contributed by atoms with Gasteiger partial charge in [0.1, 0.15) is 18.0 Å². The molecule has 1 fully saturated rings. The maximum Gasteiger partial charge on any atom is 0.410 e. The lowest BCUT2D eigenvalue weighted by atomic mass is 10.0. The molecule has 3 heterocycles. The summed E-state index contributed by atoms with van der Waals surface area (Å²) in [6, 6.07) is 0.298. The van der Waals surface area contributed by atoms with Crippen LogP contribution >= 0.6 is 11.6 Å². The molecule has 0 unspecified atom stereocenters. The van der Waals surface area contributed by atoms with Crippen LogP contribution in [0.15, 0.2) is 0 Å². The van der Waals surface area contributed by atoms with Crippen molar-refractivity contribution < 1.29 is 14.3 Å². The molecule has 0 saturated carbocycles. The number of piperidine rings is 1. The third-order valence-corrected chi connectivity index (χ3v) is 4.58. The first-order valence-electron chi connectivity index (χ1n) is 8.66. The predicted octanol–water partition coefficient (Wildman–Crippen LogP) is 3.04. The molecule has 1 aromatic heterocycles. The number of carbonyl (C=O) groups is 1. The summed E-state index contributed by atoms with van der Waals surface area (Å²) >= 11 is 6.21. The van der Waals surface area contributed by atoms with Crippen molar-refractivity contribution in [3.8, 4) is 5.75 Å². The molecule has 0 radical (unpaired) electrons. The van der Waals surface area contributed by atoms with Gasteiger partial charge in [0.25, 0.3) is 0 Å². The zero-order chi connectivity index (χ0) is 18.2. The van der Waals surface area contributed by atoms with E-state index >= 15 is 0 Å². The lowest BCUT2D eigenvalue weighted by molar-refractivity contribution is 0.0203. The molecule has 1 amide bonds. The molecule has 1 aromatic rings. The largest absolute Gasteiger partial charge is 0.485 e. The van der Waals surface area contributed by atoms with E-state index in [1.807, 2.05) is 27.7 Å². The van der Waals surface area contributed by atoms with Crippen molar-refractivity contribution >= 4 is 23.5 Å². The van der Waals surface area contributed by atoms with E-state index in [1.54, 1.807) is 4.90 Å². The second-order valence-corrected chi connectivity index (χ2v) is 7.81. The summed E-state index contributed by atoms with van der Waals surface area (Å²) in [5, 5.41) is 0.360. The van der Waals surface area contributed by atoms with Crippen molar-refractivity contribution in [2.45, 2.75) is 52.2 Å². The van der Waals surface area contributed by atoms with Crippen LogP contribution in [0.3, 0.4) is 0 Å². The molecule has 7 nitrogen and oxygen atoms in total. The number of likely N-dealkylation sites (tertiary alicyclic amines) is 1. The van der Waals surface area contributed by atoms with Crippen LogP contribution in [-0.4, -0.2) is 58.8 Å². The van der Waals surface area contributed by atoms with E-state index in [9.17, 15) is 4.79 Å². The fraction of sp³-hybridized carbons (Fsp3) is 0.706. The number of ether oxygens (including phenoxy) is 2. The minimum Gasteiger partial charge on any atom is -0.485 e. The smallest absolute Gasteiger partial charge is 0.410 e. The first-order chi connectivity index (χ1) is 11.7. The average molecular weight is 369 g/mol. The van der Waals surface area contributed by atoms with Crippen LogP contribution in [0.5, 0.6) is 5.75 Å². The third kappa shape index (κ3) is 4.08. The Bertz CT molecular complexity index is 654. The maximum absolute atomic E-state index is 12.2. The molecule has 3 rings (SSSR count). The molecule has 0 N–H and O–H groups in total. The summed E-state index contributed by atoms with van der Waals surface area (Å²) in [6.45, 7) is 10.1. The molecular weight excluding hydrogens is 344 g/mol. The summed E-state index contributed by atoms with van der Waals surface area (Å²) in [5.41, 5.74) is -0.470. The van der Waals surface area contributed by atoms with Crippen molar-refractivity contribution in [2.75, 3.05) is 31.1 Å². The number of aryl methyl sites for hydroxylation is 1. The van der Waals surface area contributed by atoms with Crippen LogP contribution in [0, 0.1) is 6.92 Å². The molecule has 2 aliphatic rings. The molecule has 25 heavy (non-hydrogen) atoms. The number of rotatable bonds is 1. The van der Waals surface area contributed by atoms with E-state index < -0.39 is 5.60 Å². The Morgan fingerprint density at radius 2 is 1.92 bits per heavy atom. The quantitative estimate of drug-likeness (QED) is 0.710. The zero-order valence-electron chi connectivity index (χ0n) is 15.2. The van der Waals surface area contributed by atoms with Crippen molar-refractivity contribution in [3.05, 3.63) is 11.0 Å². The van der Waals surface area contributed by atoms with E-state index in [0.29, 0.717) is 42.5 Å². The van der Waals surface area contributed by atoms with Crippen LogP contribution in [0.2, 0.25) is 5.15 Å². The van der Waals surface area contributed by atoms with Gasteiger partial charge in [0, 0.05) is 19.1 Å². The molecule has 0 aromatic carbocycles. The number of halogens is 1. The van der Waals surface area contributed by atoms with E-state index in [1.165, 1.54) is 0 Å². The van der Waals surface area contributed by atoms with Gasteiger partial charge in [-0.1, -0.05) is 11.6 Å². The van der Waals surface area contributed by atoms with E-state index in [2.05, 4.69) is 14.9 Å². The Kier molecular flexibility index (Phi) is 4.95. The summed E-state index contributed by atoms with van der Waals surface area (Å²) in [6.07, 6.45) is 1.48. The van der Waals surface area contributed by atoms with Gasteiger partial charge >= 0.3 is 6.09 Å². The zero-order valence-corrected chi connectivity index (χ0v) is 16.0. The van der Waals surface area contributed by atoms with Gasteiger partial charge in [-0.25, -0.2) is 14.8 Å². The molecule has 1 saturated heterocycles. The molecule has 0 bridgehead atoms. The number of fused-ring (bicyclic) bond motifs is 1. The van der Waals surface area contributed by atoms with Crippen LogP contribution in [0.25, 0.3) is 0 Å². The number of carbonyl (C=O) groups excluding carboxylic acids is 1. The van der Waals surface area contributed by atoms with Crippen molar-refractivity contribution in [1.29, 1.82) is 0 Å². The lowest BCUT2D eigenvalue weighted by Crippen LogP contribution is -2.50. The normalized spacial score (nSPS) is 18.6. The number of anilines is 1. The Morgan fingerprint density at radius 3 is 2.56 bits per heavy atom. The third-order valence-electron chi connectivity index (χ3n) is 4.33. The Labute approximate surface area is 153 Å². The molecule has 0 aliphatic carbocycles. The molecule has 138 valence electrons. The summed E-state index contributed by atoms with van der Waals surface area (Å²) in [5.74, 6) is 1.96. The van der Waals surface area contributed by atoms with Crippen molar-refractivity contribution in [3.63, 3.8) is 0 Å². The highest BCUT2D eigenvalue weighted by Crippen LogP contribution is 2.37. The number of nitrogens with zero attached hydrogens (tertiary/aromatic N) is 4. The molecule has 0 atom stereocenters. The SMILES string of the molecule is Cc1nc(Cl)c2c(n1)N(C1CCN(C(=O)OC(C)(C)C)CC1)CCO2. The summed E-state index contributed by atoms with van der Waals surface area (Å²) < 4.78 is 11.1. The Hall–Kier alpha value is -1.76. The van der Waals surface area contributed by atoms with Gasteiger partial charge in [-0.2, -0.15) is 0 Å². The fourth-order valence-electron chi connectivity index (χ4n) is 3.23. The first-order valence-corrected chi connectivity index (χ1v) is 9.04. The van der Waals surface area contributed by atoms with Crippen LogP contribution in [-0.2, 0) is 4.74 Å². The van der Waals surface area contributed by atoms with Crippen LogP contribution < -0.4 is 9.64 Å². The molecule has 8 heteroatoms. The second kappa shape index (κ2) is 6.86. The standard InChI is InChI=1S/C17H25ClN4O3/c1-11-19-14(18)13-15(20-11)22(9-10-24-13)12-5-7-21(8-6-12)16(23)25-17(2,3)4/h12H,5-10H2,1-4H3. The van der Waals surface area contributed by atoms with Gasteiger partial charge < -0.3 is 19.3 Å². The first kappa shape index (κ1) is 18.0. The lowest BCUT2D eigenvalue weighted by Gasteiger charge is -2.41. The topological polar surface area (TPSA) is 67.8 Å². The minimum absolute atomic E-state index is 0.241. The Morgan fingerprint density at radius 1 is 1.24 bits per heavy atom. The number of aromatic nitrogens is 2. The Balaban J connectivity index is 1.68. The van der Waals surface area contributed by atoms with E-state index in [0.717, 1.165) is 25.2 Å². The number of amides is 1. The van der Waals surface area contributed by atoms with E-state index in [-0.39, 0.29) is 6.09 Å². The minimum atomic E-state index is -0.470.